The lowest BCUT2D eigenvalue weighted by Crippen LogP contribution is -2.29. The molecule has 1 atom stereocenters. The molecule has 1 saturated heterocycles. The van der Waals surface area contributed by atoms with E-state index in [0.717, 1.165) is 26.9 Å². The summed E-state index contributed by atoms with van der Waals surface area (Å²) in [7, 11) is 0. The van der Waals surface area contributed by atoms with Crippen molar-refractivity contribution in [1.29, 1.82) is 0 Å². The van der Waals surface area contributed by atoms with Crippen LogP contribution in [0.3, 0.4) is 0 Å². The highest BCUT2D eigenvalue weighted by atomic mass is 32.1. The first kappa shape index (κ1) is 24.5. The minimum atomic E-state index is -0.879. The number of hydrogen-bond acceptors (Lipinski definition) is 6. The van der Waals surface area contributed by atoms with Gasteiger partial charge in [-0.25, -0.2) is 4.98 Å². The number of hydrogen-bond donors (Lipinski definition) is 1. The maximum absolute atomic E-state index is 13.5. The van der Waals surface area contributed by atoms with Crippen molar-refractivity contribution in [3.8, 4) is 5.75 Å². The second kappa shape index (κ2) is 9.67. The Morgan fingerprint density at radius 2 is 1.84 bits per heavy atom. The van der Waals surface area contributed by atoms with Crippen LogP contribution in [-0.4, -0.2) is 28.4 Å². The number of thiazole rings is 1. The maximum atomic E-state index is 13.5. The summed E-state index contributed by atoms with van der Waals surface area (Å²) >= 11 is 1.35. The Labute approximate surface area is 219 Å². The third-order valence-electron chi connectivity index (χ3n) is 6.34. The van der Waals surface area contributed by atoms with Crippen LogP contribution in [-0.2, 0) is 9.59 Å². The number of ketones is 1. The fraction of sp³-hybridized carbons (Fsp3) is 0.167. The Balaban J connectivity index is 1.72. The molecule has 2 heterocycles. The minimum absolute atomic E-state index is 0.0156. The van der Waals surface area contributed by atoms with Crippen molar-refractivity contribution in [3.63, 3.8) is 0 Å². The van der Waals surface area contributed by atoms with E-state index in [9.17, 15) is 14.7 Å². The molecule has 0 radical (unpaired) electrons. The van der Waals surface area contributed by atoms with Gasteiger partial charge in [-0.3, -0.25) is 14.5 Å². The number of aliphatic hydroxyl groups excluding tert-OH is 1. The number of carbonyl (C=O) groups is 2. The van der Waals surface area contributed by atoms with Gasteiger partial charge in [0.25, 0.3) is 5.78 Å². The van der Waals surface area contributed by atoms with Crippen LogP contribution in [0.2, 0.25) is 0 Å². The lowest BCUT2D eigenvalue weighted by Gasteiger charge is -2.23. The molecule has 1 unspecified atom stereocenters. The van der Waals surface area contributed by atoms with Gasteiger partial charge in [-0.1, -0.05) is 72.0 Å². The van der Waals surface area contributed by atoms with Crippen LogP contribution in [0.15, 0.2) is 78.9 Å². The third-order valence-corrected chi connectivity index (χ3v) is 7.34. The van der Waals surface area contributed by atoms with Crippen LogP contribution in [0.1, 0.15) is 33.9 Å². The van der Waals surface area contributed by atoms with E-state index >= 15 is 0 Å². The number of ether oxygens (including phenoxy) is 1. The molecule has 6 nitrogen and oxygen atoms in total. The topological polar surface area (TPSA) is 79.7 Å². The van der Waals surface area contributed by atoms with Gasteiger partial charge >= 0.3 is 5.91 Å². The van der Waals surface area contributed by atoms with Crippen molar-refractivity contribution < 1.29 is 19.4 Å². The molecule has 0 bridgehead atoms. The molecule has 3 aromatic carbocycles. The molecular formula is C30H26N2O4S. The predicted molar refractivity (Wildman–Crippen MR) is 147 cm³/mol. The molecule has 186 valence electrons. The molecule has 1 N–H and O–H groups in total. The summed E-state index contributed by atoms with van der Waals surface area (Å²) in [6, 6.07) is 17.5. The first-order valence-corrected chi connectivity index (χ1v) is 12.7. The van der Waals surface area contributed by atoms with Gasteiger partial charge < -0.3 is 9.84 Å². The Morgan fingerprint density at radius 1 is 1.08 bits per heavy atom. The van der Waals surface area contributed by atoms with Crippen molar-refractivity contribution in [1.82, 2.24) is 4.98 Å². The first-order valence-electron chi connectivity index (χ1n) is 11.9. The maximum Gasteiger partial charge on any atom is 0.301 e. The van der Waals surface area contributed by atoms with E-state index in [1.165, 1.54) is 16.2 Å². The molecule has 7 heteroatoms. The number of Topliss-reactive ketones (excluding diaryl/α,β-unsaturated/α-hetero) is 1. The number of amides is 1. The molecule has 5 rings (SSSR count). The molecule has 0 aliphatic carbocycles. The van der Waals surface area contributed by atoms with Gasteiger partial charge in [-0.15, -0.1) is 0 Å². The fourth-order valence-corrected chi connectivity index (χ4v) is 5.77. The van der Waals surface area contributed by atoms with Crippen molar-refractivity contribution in [2.75, 3.05) is 11.5 Å². The summed E-state index contributed by atoms with van der Waals surface area (Å²) in [5.41, 5.74) is 4.98. The summed E-state index contributed by atoms with van der Waals surface area (Å²) in [5, 5.41) is 11.7. The molecule has 1 aliphatic heterocycles. The van der Waals surface area contributed by atoms with Crippen LogP contribution in [0.5, 0.6) is 5.75 Å². The van der Waals surface area contributed by atoms with Gasteiger partial charge in [0, 0.05) is 5.56 Å². The van der Waals surface area contributed by atoms with E-state index in [-0.39, 0.29) is 11.3 Å². The number of nitrogens with zero attached hydrogens (tertiary/aromatic N) is 2. The molecule has 37 heavy (non-hydrogen) atoms. The molecule has 0 spiro atoms. The molecule has 1 fully saturated rings. The summed E-state index contributed by atoms with van der Waals surface area (Å²) in [6.07, 6.45) is 1.64. The SMILES string of the molecule is C=CCOc1cccc(C2/C(=C(\O)c3ccc(C)cc3)C(=O)C(=O)N2c2nc3c(C)cc(C)cc3s2)c1. The van der Waals surface area contributed by atoms with Crippen molar-refractivity contribution in [2.45, 2.75) is 26.8 Å². The van der Waals surface area contributed by atoms with E-state index in [4.69, 9.17) is 9.72 Å². The van der Waals surface area contributed by atoms with Crippen molar-refractivity contribution in [3.05, 3.63) is 107 Å². The number of carbonyl (C=O) groups excluding carboxylic acids is 2. The van der Waals surface area contributed by atoms with Gasteiger partial charge in [0.05, 0.1) is 21.8 Å². The Bertz CT molecular complexity index is 1580. The average Bonchev–Trinajstić information content (AvgIpc) is 3.41. The summed E-state index contributed by atoms with van der Waals surface area (Å²) in [4.78, 5) is 33.2. The number of rotatable bonds is 6. The Hall–Kier alpha value is -4.23. The minimum Gasteiger partial charge on any atom is -0.507 e. The highest BCUT2D eigenvalue weighted by Crippen LogP contribution is 2.45. The number of aromatic nitrogens is 1. The zero-order valence-corrected chi connectivity index (χ0v) is 21.6. The normalized spacial score (nSPS) is 16.9. The highest BCUT2D eigenvalue weighted by Gasteiger charge is 2.48. The number of anilines is 1. The van der Waals surface area contributed by atoms with Gasteiger partial charge in [-0.2, -0.15) is 0 Å². The Morgan fingerprint density at radius 3 is 2.57 bits per heavy atom. The predicted octanol–water partition coefficient (Wildman–Crippen LogP) is 6.41. The van der Waals surface area contributed by atoms with E-state index in [2.05, 4.69) is 6.58 Å². The second-order valence-corrected chi connectivity index (χ2v) is 10.1. The largest absolute Gasteiger partial charge is 0.507 e. The molecule has 1 aliphatic rings. The number of aliphatic hydroxyl groups is 1. The van der Waals surface area contributed by atoms with Gasteiger partial charge in [-0.05, 0) is 55.7 Å². The van der Waals surface area contributed by atoms with Crippen molar-refractivity contribution in [2.24, 2.45) is 0 Å². The summed E-state index contributed by atoms with van der Waals surface area (Å²) in [5.74, 6) is -1.15. The molecule has 4 aromatic rings. The first-order chi connectivity index (χ1) is 17.8. The quantitative estimate of drug-likeness (QED) is 0.140. The monoisotopic (exact) mass is 510 g/mol. The van der Waals surface area contributed by atoms with E-state index in [1.54, 1.807) is 36.4 Å². The van der Waals surface area contributed by atoms with Gasteiger partial charge in [0.1, 0.15) is 18.1 Å². The van der Waals surface area contributed by atoms with Crippen LogP contribution >= 0.6 is 11.3 Å². The lowest BCUT2D eigenvalue weighted by atomic mass is 9.95. The van der Waals surface area contributed by atoms with E-state index in [1.807, 2.05) is 51.1 Å². The molecule has 0 saturated carbocycles. The molecule has 1 amide bonds. The van der Waals surface area contributed by atoms with Crippen LogP contribution < -0.4 is 9.64 Å². The smallest absolute Gasteiger partial charge is 0.301 e. The molecular weight excluding hydrogens is 484 g/mol. The third kappa shape index (κ3) is 4.42. The Kier molecular flexibility index (Phi) is 6.39. The standard InChI is InChI=1S/C30H26N2O4S/c1-5-13-36-22-8-6-7-21(16-22)26-24(27(33)20-11-9-17(2)10-12-20)28(34)29(35)32(26)30-31-25-19(4)14-18(3)15-23(25)37-30/h5-12,14-16,26,33H,1,13H2,2-4H3/b27-24+. The van der Waals surface area contributed by atoms with E-state index < -0.39 is 17.7 Å². The number of benzene rings is 3. The van der Waals surface area contributed by atoms with Crippen LogP contribution in [0.4, 0.5) is 5.13 Å². The summed E-state index contributed by atoms with van der Waals surface area (Å²) in [6.45, 7) is 9.92. The molecule has 1 aromatic heterocycles. The fourth-order valence-electron chi connectivity index (χ4n) is 4.60. The van der Waals surface area contributed by atoms with Gasteiger partial charge in [0.15, 0.2) is 5.13 Å². The van der Waals surface area contributed by atoms with Crippen LogP contribution in [0.25, 0.3) is 16.0 Å². The summed E-state index contributed by atoms with van der Waals surface area (Å²) < 4.78 is 6.65. The zero-order valence-electron chi connectivity index (χ0n) is 20.8. The second-order valence-electron chi connectivity index (χ2n) is 9.13. The number of aryl methyl sites for hydroxylation is 3. The zero-order chi connectivity index (χ0) is 26.3. The lowest BCUT2D eigenvalue weighted by molar-refractivity contribution is -0.132. The van der Waals surface area contributed by atoms with Crippen LogP contribution in [0, 0.1) is 20.8 Å². The van der Waals surface area contributed by atoms with Gasteiger partial charge in [0.2, 0.25) is 0 Å². The van der Waals surface area contributed by atoms with E-state index in [0.29, 0.717) is 28.6 Å². The highest BCUT2D eigenvalue weighted by molar-refractivity contribution is 7.22. The average molecular weight is 511 g/mol. The van der Waals surface area contributed by atoms with Crippen molar-refractivity contribution >= 4 is 44.1 Å². The number of fused-ring (bicyclic) bond motifs is 1.